The van der Waals surface area contributed by atoms with Crippen molar-refractivity contribution in [3.05, 3.63) is 0 Å². The highest BCUT2D eigenvalue weighted by Crippen LogP contribution is 1.91. The van der Waals surface area contributed by atoms with Gasteiger partial charge in [0.15, 0.2) is 0 Å². The van der Waals surface area contributed by atoms with Gasteiger partial charge in [0.2, 0.25) is 5.91 Å². The van der Waals surface area contributed by atoms with Gasteiger partial charge in [0.05, 0.1) is 13.2 Å². The lowest BCUT2D eigenvalue weighted by Crippen LogP contribution is -2.44. The van der Waals surface area contributed by atoms with Crippen molar-refractivity contribution in [1.82, 2.24) is 10.6 Å². The molecule has 0 saturated carbocycles. The lowest BCUT2D eigenvalue weighted by Gasteiger charge is -2.15. The molecule has 0 aliphatic carbocycles. The first-order chi connectivity index (χ1) is 7.47. The minimum Gasteiger partial charge on any atom is -0.469 e. The second-order valence-electron chi connectivity index (χ2n) is 4.02. The Kier molecular flexibility index (Phi) is 7.54. The van der Waals surface area contributed by atoms with Crippen LogP contribution in [0.5, 0.6) is 0 Å². The first kappa shape index (κ1) is 14.9. The number of carbonyl (C=O) groups is 2. The maximum atomic E-state index is 11.5. The third kappa shape index (κ3) is 7.23. The molecule has 16 heavy (non-hydrogen) atoms. The highest BCUT2D eigenvalue weighted by Gasteiger charge is 2.12. The smallest absolute Gasteiger partial charge is 0.305 e. The predicted molar refractivity (Wildman–Crippen MR) is 62.0 cm³/mol. The summed E-state index contributed by atoms with van der Waals surface area (Å²) in [7, 11) is 1.37. The van der Waals surface area contributed by atoms with Crippen LogP contribution in [-0.4, -0.2) is 37.6 Å². The first-order valence-corrected chi connectivity index (χ1v) is 5.58. The molecule has 0 radical (unpaired) electrons. The van der Waals surface area contributed by atoms with Crippen LogP contribution in [0.4, 0.5) is 0 Å². The Morgan fingerprint density at radius 2 is 1.88 bits per heavy atom. The minimum absolute atomic E-state index is 0.0203. The molecule has 0 aromatic rings. The summed E-state index contributed by atoms with van der Waals surface area (Å²) in [5, 5.41) is 5.86. The Hall–Kier alpha value is -1.10. The molecular weight excluding hydrogens is 208 g/mol. The van der Waals surface area contributed by atoms with Crippen LogP contribution in [0, 0.1) is 0 Å². The fourth-order valence-electron chi connectivity index (χ4n) is 1.16. The number of ether oxygens (including phenoxy) is 1. The molecule has 0 aromatic heterocycles. The van der Waals surface area contributed by atoms with Crippen LogP contribution >= 0.6 is 0 Å². The monoisotopic (exact) mass is 230 g/mol. The predicted octanol–water partition coefficient (Wildman–Crippen LogP) is 0.442. The van der Waals surface area contributed by atoms with E-state index in [0.29, 0.717) is 19.4 Å². The van der Waals surface area contributed by atoms with Gasteiger partial charge in [-0.15, -0.1) is 0 Å². The molecule has 0 aromatic carbocycles. The number of carbonyl (C=O) groups excluding carboxylic acids is 2. The largest absolute Gasteiger partial charge is 0.469 e. The van der Waals surface area contributed by atoms with Crippen molar-refractivity contribution >= 4 is 11.9 Å². The minimum atomic E-state index is -0.236. The highest BCUT2D eigenvalue weighted by atomic mass is 16.5. The quantitative estimate of drug-likeness (QED) is 0.492. The molecule has 0 fully saturated rings. The lowest BCUT2D eigenvalue weighted by molar-refractivity contribution is -0.140. The van der Waals surface area contributed by atoms with Crippen LogP contribution in [-0.2, 0) is 14.3 Å². The van der Waals surface area contributed by atoms with Gasteiger partial charge >= 0.3 is 5.97 Å². The van der Waals surface area contributed by atoms with Crippen molar-refractivity contribution in [2.45, 2.75) is 45.7 Å². The van der Waals surface area contributed by atoms with E-state index < -0.39 is 0 Å². The summed E-state index contributed by atoms with van der Waals surface area (Å²) >= 11 is 0. The summed E-state index contributed by atoms with van der Waals surface area (Å²) in [4.78, 5) is 22.3. The van der Waals surface area contributed by atoms with E-state index in [9.17, 15) is 9.59 Å². The Morgan fingerprint density at radius 1 is 1.25 bits per heavy atom. The maximum Gasteiger partial charge on any atom is 0.305 e. The normalized spacial score (nSPS) is 12.3. The van der Waals surface area contributed by atoms with E-state index in [2.05, 4.69) is 15.4 Å². The first-order valence-electron chi connectivity index (χ1n) is 5.58. The fourth-order valence-corrected chi connectivity index (χ4v) is 1.16. The number of rotatable bonds is 7. The summed E-state index contributed by atoms with van der Waals surface area (Å²) in [5.74, 6) is -0.242. The summed E-state index contributed by atoms with van der Waals surface area (Å²) in [6, 6.07) is -0.0909. The number of nitrogens with one attached hydrogen (secondary N) is 2. The van der Waals surface area contributed by atoms with Crippen molar-refractivity contribution in [2.75, 3.05) is 13.7 Å². The molecule has 0 saturated heterocycles. The molecule has 5 heteroatoms. The van der Waals surface area contributed by atoms with Gasteiger partial charge in [-0.25, -0.2) is 0 Å². The van der Waals surface area contributed by atoms with Gasteiger partial charge in [-0.3, -0.25) is 9.59 Å². The van der Waals surface area contributed by atoms with Crippen molar-refractivity contribution in [2.24, 2.45) is 0 Å². The molecule has 1 unspecified atom stereocenters. The van der Waals surface area contributed by atoms with Gasteiger partial charge in [0, 0.05) is 12.5 Å². The van der Waals surface area contributed by atoms with Crippen LogP contribution in [0.3, 0.4) is 0 Å². The molecule has 0 aliphatic rings. The van der Waals surface area contributed by atoms with Crippen molar-refractivity contribution < 1.29 is 14.3 Å². The molecule has 0 rings (SSSR count). The Bertz CT molecular complexity index is 229. The van der Waals surface area contributed by atoms with E-state index in [1.54, 1.807) is 6.92 Å². The van der Waals surface area contributed by atoms with E-state index in [4.69, 9.17) is 0 Å². The van der Waals surface area contributed by atoms with Crippen molar-refractivity contribution in [3.63, 3.8) is 0 Å². The molecule has 94 valence electrons. The third-order valence-corrected chi connectivity index (χ3v) is 2.06. The zero-order valence-electron chi connectivity index (χ0n) is 10.5. The molecule has 0 aliphatic heterocycles. The Morgan fingerprint density at radius 3 is 2.38 bits per heavy atom. The van der Waals surface area contributed by atoms with Gasteiger partial charge in [-0.1, -0.05) is 0 Å². The molecule has 2 N–H and O–H groups in total. The van der Waals surface area contributed by atoms with Crippen LogP contribution in [0.2, 0.25) is 0 Å². The summed E-state index contributed by atoms with van der Waals surface area (Å²) in [6.07, 6.45) is 1.05. The SMILES string of the molecule is COC(=O)CCCNC(C)C(=O)NC(C)C. The fraction of sp³-hybridized carbons (Fsp3) is 0.818. The number of esters is 1. The summed E-state index contributed by atoms with van der Waals surface area (Å²) in [5.41, 5.74) is 0. The number of methoxy groups -OCH3 is 1. The average Bonchev–Trinajstić information content (AvgIpc) is 2.22. The van der Waals surface area contributed by atoms with Crippen LogP contribution in [0.15, 0.2) is 0 Å². The number of hydrogen-bond acceptors (Lipinski definition) is 4. The second-order valence-corrected chi connectivity index (χ2v) is 4.02. The summed E-state index contributed by atoms with van der Waals surface area (Å²) in [6.45, 7) is 6.27. The van der Waals surface area contributed by atoms with Gasteiger partial charge < -0.3 is 15.4 Å². The van der Waals surface area contributed by atoms with E-state index in [1.807, 2.05) is 13.8 Å². The zero-order valence-corrected chi connectivity index (χ0v) is 10.5. The van der Waals surface area contributed by atoms with E-state index in [1.165, 1.54) is 7.11 Å². The van der Waals surface area contributed by atoms with Gasteiger partial charge in [0.1, 0.15) is 0 Å². The van der Waals surface area contributed by atoms with E-state index in [0.717, 1.165) is 0 Å². The van der Waals surface area contributed by atoms with Crippen molar-refractivity contribution in [3.8, 4) is 0 Å². The van der Waals surface area contributed by atoms with E-state index in [-0.39, 0.29) is 24.0 Å². The molecular formula is C11H22N2O3. The molecule has 1 amide bonds. The standard InChI is InChI=1S/C11H22N2O3/c1-8(2)13-11(15)9(3)12-7-5-6-10(14)16-4/h8-9,12H,5-7H2,1-4H3,(H,13,15). The average molecular weight is 230 g/mol. The highest BCUT2D eigenvalue weighted by molar-refractivity contribution is 5.81. The number of amides is 1. The molecule has 0 heterocycles. The Labute approximate surface area is 96.9 Å². The molecule has 1 atom stereocenters. The van der Waals surface area contributed by atoms with Crippen LogP contribution < -0.4 is 10.6 Å². The van der Waals surface area contributed by atoms with Gasteiger partial charge in [-0.2, -0.15) is 0 Å². The Balaban J connectivity index is 3.61. The van der Waals surface area contributed by atoms with Crippen molar-refractivity contribution in [1.29, 1.82) is 0 Å². The van der Waals surface area contributed by atoms with Gasteiger partial charge in [-0.05, 0) is 33.7 Å². The molecule has 0 spiro atoms. The molecule has 5 nitrogen and oxygen atoms in total. The second kappa shape index (κ2) is 8.10. The summed E-state index contributed by atoms with van der Waals surface area (Å²) < 4.78 is 4.51. The topological polar surface area (TPSA) is 67.4 Å². The lowest BCUT2D eigenvalue weighted by atomic mass is 10.2. The van der Waals surface area contributed by atoms with Crippen LogP contribution in [0.1, 0.15) is 33.6 Å². The maximum absolute atomic E-state index is 11.5. The third-order valence-electron chi connectivity index (χ3n) is 2.06. The number of hydrogen-bond donors (Lipinski definition) is 2. The van der Waals surface area contributed by atoms with E-state index >= 15 is 0 Å². The van der Waals surface area contributed by atoms with Crippen LogP contribution in [0.25, 0.3) is 0 Å². The molecule has 0 bridgehead atoms. The van der Waals surface area contributed by atoms with Gasteiger partial charge in [0.25, 0.3) is 0 Å². The zero-order chi connectivity index (χ0) is 12.6.